The van der Waals surface area contributed by atoms with Crippen molar-refractivity contribution in [1.82, 2.24) is 20.5 Å². The number of nitrogens with two attached hydrogens (primary N) is 1. The maximum Gasteiger partial charge on any atom is 0.416 e. The summed E-state index contributed by atoms with van der Waals surface area (Å²) in [6.45, 7) is 3.60. The third-order valence-electron chi connectivity index (χ3n) is 5.99. The number of carbonyl (C=O) groups excluding carboxylic acids is 2. The molecule has 2 amide bonds. The van der Waals surface area contributed by atoms with E-state index in [2.05, 4.69) is 20.5 Å². The fourth-order valence-corrected chi connectivity index (χ4v) is 3.89. The summed E-state index contributed by atoms with van der Waals surface area (Å²) in [4.78, 5) is 32.0. The highest BCUT2D eigenvalue weighted by Crippen LogP contribution is 2.29. The molecule has 1 aromatic carbocycles. The van der Waals surface area contributed by atoms with Gasteiger partial charge in [-0.15, -0.1) is 0 Å². The third-order valence-corrected chi connectivity index (χ3v) is 5.99. The van der Waals surface area contributed by atoms with Gasteiger partial charge < -0.3 is 16.4 Å². The second-order valence-electron chi connectivity index (χ2n) is 8.54. The first-order valence-electron chi connectivity index (χ1n) is 11.3. The molecule has 1 saturated heterocycles. The Bertz CT molecular complexity index is 958. The summed E-state index contributed by atoms with van der Waals surface area (Å²) in [6.07, 6.45) is 0.315. The zero-order chi connectivity index (χ0) is 24.7. The van der Waals surface area contributed by atoms with E-state index in [-0.39, 0.29) is 18.9 Å². The van der Waals surface area contributed by atoms with Gasteiger partial charge in [0.25, 0.3) is 0 Å². The summed E-state index contributed by atoms with van der Waals surface area (Å²) in [5.41, 5.74) is 6.04. The molecular weight excluding hydrogens is 447 g/mol. The molecule has 184 valence electrons. The second-order valence-corrected chi connectivity index (χ2v) is 8.54. The van der Waals surface area contributed by atoms with Crippen LogP contribution in [0.25, 0.3) is 0 Å². The molecule has 34 heavy (non-hydrogen) atoms. The van der Waals surface area contributed by atoms with Gasteiger partial charge in [-0.05, 0) is 62.2 Å². The molecule has 0 aliphatic carbocycles. The monoisotopic (exact) mass is 477 g/mol. The van der Waals surface area contributed by atoms with Crippen molar-refractivity contribution in [2.45, 2.75) is 57.4 Å². The molecule has 4 N–H and O–H groups in total. The molecule has 10 heteroatoms. The zero-order valence-corrected chi connectivity index (χ0v) is 19.1. The van der Waals surface area contributed by atoms with E-state index in [4.69, 9.17) is 5.73 Å². The van der Waals surface area contributed by atoms with E-state index >= 15 is 0 Å². The quantitative estimate of drug-likeness (QED) is 0.543. The van der Waals surface area contributed by atoms with Crippen molar-refractivity contribution in [2.75, 3.05) is 18.8 Å². The van der Waals surface area contributed by atoms with Gasteiger partial charge in [0.05, 0.1) is 11.6 Å². The van der Waals surface area contributed by atoms with Gasteiger partial charge in [0.1, 0.15) is 11.9 Å². The van der Waals surface area contributed by atoms with E-state index in [1.54, 1.807) is 19.1 Å². The summed E-state index contributed by atoms with van der Waals surface area (Å²) in [7, 11) is 0. The average Bonchev–Trinajstić information content (AvgIpc) is 2.83. The highest BCUT2D eigenvalue weighted by Gasteiger charge is 2.31. The minimum absolute atomic E-state index is 0.0580. The van der Waals surface area contributed by atoms with Crippen molar-refractivity contribution in [2.24, 2.45) is 0 Å². The molecule has 3 rings (SSSR count). The highest BCUT2D eigenvalue weighted by atomic mass is 19.4. The lowest BCUT2D eigenvalue weighted by Crippen LogP contribution is -2.54. The molecule has 1 unspecified atom stereocenters. The standard InChI is InChI=1S/C24H30F3N5O2/c1-16(32-11-3-2-4-12-32)22(33)31-20(13-17-5-8-19(9-6-17)24(25,26)27)23(34)30-15-18-7-10-21(28)29-14-18/h5-10,14,16,20H,2-4,11-13,15H2,1H3,(H2,28,29)(H,30,34)(H,31,33)/t16?,20-/m0/s1. The SMILES string of the molecule is CC(C(=O)N[C@@H](Cc1ccc(C(F)(F)F)cc1)C(=O)NCc1ccc(N)nc1)N1CCCCC1. The van der Waals surface area contributed by atoms with Gasteiger partial charge >= 0.3 is 6.18 Å². The molecule has 0 radical (unpaired) electrons. The molecule has 2 heterocycles. The number of likely N-dealkylation sites (tertiary alicyclic amines) is 1. The number of hydrogen-bond acceptors (Lipinski definition) is 5. The zero-order valence-electron chi connectivity index (χ0n) is 19.1. The lowest BCUT2D eigenvalue weighted by Gasteiger charge is -2.32. The summed E-state index contributed by atoms with van der Waals surface area (Å²) >= 11 is 0. The predicted octanol–water partition coefficient (Wildman–Crippen LogP) is 2.90. The lowest BCUT2D eigenvalue weighted by atomic mass is 10.0. The first-order valence-corrected chi connectivity index (χ1v) is 11.3. The third kappa shape index (κ3) is 7.18. The predicted molar refractivity (Wildman–Crippen MR) is 122 cm³/mol. The van der Waals surface area contributed by atoms with Crippen LogP contribution in [0, 0.1) is 0 Å². The van der Waals surface area contributed by atoms with Gasteiger partial charge in [0.2, 0.25) is 11.8 Å². The fraction of sp³-hybridized carbons (Fsp3) is 0.458. The number of aromatic nitrogens is 1. The average molecular weight is 478 g/mol. The lowest BCUT2D eigenvalue weighted by molar-refractivity contribution is -0.137. The minimum Gasteiger partial charge on any atom is -0.384 e. The maximum absolute atomic E-state index is 13.0. The van der Waals surface area contributed by atoms with E-state index < -0.39 is 29.7 Å². The second kappa shape index (κ2) is 11.3. The van der Waals surface area contributed by atoms with Crippen LogP contribution in [0.4, 0.5) is 19.0 Å². The van der Waals surface area contributed by atoms with Crippen molar-refractivity contribution in [1.29, 1.82) is 0 Å². The Labute approximate surface area is 196 Å². The number of nitrogens with one attached hydrogen (secondary N) is 2. The molecule has 0 bridgehead atoms. The smallest absolute Gasteiger partial charge is 0.384 e. The van der Waals surface area contributed by atoms with Crippen LogP contribution >= 0.6 is 0 Å². The Morgan fingerprint density at radius 1 is 1.03 bits per heavy atom. The van der Waals surface area contributed by atoms with E-state index in [1.165, 1.54) is 18.3 Å². The van der Waals surface area contributed by atoms with Crippen molar-refractivity contribution in [3.8, 4) is 0 Å². The van der Waals surface area contributed by atoms with Gasteiger partial charge in [0, 0.05) is 19.2 Å². The van der Waals surface area contributed by atoms with E-state index in [9.17, 15) is 22.8 Å². The molecule has 2 atom stereocenters. The van der Waals surface area contributed by atoms with Crippen molar-refractivity contribution < 1.29 is 22.8 Å². The molecule has 1 aliphatic rings. The number of anilines is 1. The molecule has 7 nitrogen and oxygen atoms in total. The van der Waals surface area contributed by atoms with Crippen molar-refractivity contribution >= 4 is 17.6 Å². The first kappa shape index (κ1) is 25.5. The topological polar surface area (TPSA) is 100 Å². The number of pyridine rings is 1. The Kier molecular flexibility index (Phi) is 8.49. The van der Waals surface area contributed by atoms with Crippen LogP contribution in [0.5, 0.6) is 0 Å². The van der Waals surface area contributed by atoms with Gasteiger partial charge in [-0.3, -0.25) is 14.5 Å². The molecule has 2 aromatic rings. The number of halogens is 3. The number of rotatable bonds is 8. The van der Waals surface area contributed by atoms with Crippen LogP contribution in [0.2, 0.25) is 0 Å². The molecule has 1 aromatic heterocycles. The van der Waals surface area contributed by atoms with Gasteiger partial charge in [-0.2, -0.15) is 13.2 Å². The van der Waals surface area contributed by atoms with Crippen LogP contribution in [0.1, 0.15) is 42.9 Å². The van der Waals surface area contributed by atoms with Gasteiger partial charge in [0.15, 0.2) is 0 Å². The number of nitrogens with zero attached hydrogens (tertiary/aromatic N) is 2. The summed E-state index contributed by atoms with van der Waals surface area (Å²) in [5, 5.41) is 5.57. The maximum atomic E-state index is 13.0. The Balaban J connectivity index is 1.70. The van der Waals surface area contributed by atoms with Gasteiger partial charge in [-0.25, -0.2) is 4.98 Å². The number of hydrogen-bond donors (Lipinski definition) is 3. The fourth-order valence-electron chi connectivity index (χ4n) is 3.89. The number of alkyl halides is 3. The van der Waals surface area contributed by atoms with Crippen LogP contribution in [-0.4, -0.2) is 46.9 Å². The minimum atomic E-state index is -4.44. The molecule has 0 spiro atoms. The molecule has 0 saturated carbocycles. The number of carbonyl (C=O) groups is 2. The van der Waals surface area contributed by atoms with Crippen molar-refractivity contribution in [3.05, 3.63) is 59.3 Å². The van der Waals surface area contributed by atoms with Crippen LogP contribution in [0.3, 0.4) is 0 Å². The molecular formula is C24H30F3N5O2. The van der Waals surface area contributed by atoms with E-state index in [1.807, 2.05) is 0 Å². The molecule has 1 aliphatic heterocycles. The van der Waals surface area contributed by atoms with Gasteiger partial charge in [-0.1, -0.05) is 24.6 Å². The summed E-state index contributed by atoms with van der Waals surface area (Å²) < 4.78 is 38.7. The number of benzene rings is 1. The highest BCUT2D eigenvalue weighted by molar-refractivity contribution is 5.89. The number of amides is 2. The van der Waals surface area contributed by atoms with Crippen LogP contribution in [0.15, 0.2) is 42.6 Å². The van der Waals surface area contributed by atoms with Crippen LogP contribution < -0.4 is 16.4 Å². The number of piperidine rings is 1. The molecule has 1 fully saturated rings. The summed E-state index contributed by atoms with van der Waals surface area (Å²) in [5.74, 6) is -0.367. The normalized spacial score (nSPS) is 16.5. The van der Waals surface area contributed by atoms with Crippen LogP contribution in [-0.2, 0) is 28.7 Å². The first-order chi connectivity index (χ1) is 16.1. The number of nitrogen functional groups attached to an aromatic ring is 1. The Morgan fingerprint density at radius 2 is 1.68 bits per heavy atom. The van der Waals surface area contributed by atoms with E-state index in [0.29, 0.717) is 11.4 Å². The van der Waals surface area contributed by atoms with E-state index in [0.717, 1.165) is 50.0 Å². The summed E-state index contributed by atoms with van der Waals surface area (Å²) in [6, 6.07) is 6.59. The Hall–Kier alpha value is -3.14. The largest absolute Gasteiger partial charge is 0.416 e. The van der Waals surface area contributed by atoms with Crippen molar-refractivity contribution in [3.63, 3.8) is 0 Å². The Morgan fingerprint density at radius 3 is 2.26 bits per heavy atom.